The monoisotopic (exact) mass is 456 g/mol. The number of nitrogens with zero attached hydrogens (tertiary/aromatic N) is 3. The molecule has 0 aliphatic heterocycles. The highest BCUT2D eigenvalue weighted by Gasteiger charge is 2.20. The van der Waals surface area contributed by atoms with Crippen LogP contribution in [0.15, 0.2) is 22.5 Å². The molecule has 1 heterocycles. The fraction of sp³-hybridized carbons (Fsp3) is 0.526. The van der Waals surface area contributed by atoms with Crippen LogP contribution >= 0.6 is 23.1 Å². The van der Waals surface area contributed by atoms with E-state index in [0.29, 0.717) is 23.2 Å². The number of hydrogen-bond donors (Lipinski definition) is 1. The van der Waals surface area contributed by atoms with Crippen molar-refractivity contribution in [1.82, 2.24) is 10.2 Å². The van der Waals surface area contributed by atoms with Crippen molar-refractivity contribution in [3.63, 3.8) is 0 Å². The highest BCUT2D eigenvalue weighted by Crippen LogP contribution is 2.27. The second-order valence-corrected chi connectivity index (χ2v) is 11.4. The molecule has 1 N–H and O–H groups in total. The van der Waals surface area contributed by atoms with Gasteiger partial charge < -0.3 is 5.32 Å². The third-order valence-corrected chi connectivity index (χ3v) is 7.78. The van der Waals surface area contributed by atoms with E-state index in [0.717, 1.165) is 21.2 Å². The van der Waals surface area contributed by atoms with Crippen LogP contribution in [-0.4, -0.2) is 43.1 Å². The first-order valence-electron chi connectivity index (χ1n) is 9.38. The zero-order valence-corrected chi connectivity index (χ0v) is 19.9. The number of carbonyl (C=O) groups is 1. The maximum atomic E-state index is 12.3. The zero-order chi connectivity index (χ0) is 21.6. The number of nitrogens with one attached hydrogen (secondary N) is 1. The van der Waals surface area contributed by atoms with Crippen molar-refractivity contribution >= 4 is 49.8 Å². The van der Waals surface area contributed by atoms with Gasteiger partial charge in [0.25, 0.3) is 0 Å². The first-order valence-corrected chi connectivity index (χ1v) is 13.0. The van der Waals surface area contributed by atoms with Gasteiger partial charge in [-0.05, 0) is 43.4 Å². The molecule has 0 unspecified atom stereocenters. The quantitative estimate of drug-likeness (QED) is 0.428. The second-order valence-electron chi connectivity index (χ2n) is 7.28. The van der Waals surface area contributed by atoms with Crippen LogP contribution in [0.1, 0.15) is 37.8 Å². The molecule has 2 aromatic rings. The van der Waals surface area contributed by atoms with Gasteiger partial charge in [-0.3, -0.25) is 9.10 Å². The van der Waals surface area contributed by atoms with Gasteiger partial charge >= 0.3 is 0 Å². The normalized spacial score (nSPS) is 11.7. The minimum atomic E-state index is -3.45. The second kappa shape index (κ2) is 10.4. The lowest BCUT2D eigenvalue weighted by Gasteiger charge is -2.24. The average molecular weight is 457 g/mol. The Hall–Kier alpha value is -1.65. The fourth-order valence-electron chi connectivity index (χ4n) is 2.59. The Morgan fingerprint density at radius 2 is 2.00 bits per heavy atom. The lowest BCUT2D eigenvalue weighted by Crippen LogP contribution is -2.32. The Kier molecular flexibility index (Phi) is 8.47. The van der Waals surface area contributed by atoms with Crippen LogP contribution in [0.3, 0.4) is 0 Å². The number of sulfonamides is 1. The highest BCUT2D eigenvalue weighted by atomic mass is 32.2. The van der Waals surface area contributed by atoms with Crippen molar-refractivity contribution in [2.75, 3.05) is 28.2 Å². The number of carbonyl (C=O) groups excluding carboxylic acids is 1. The summed E-state index contributed by atoms with van der Waals surface area (Å²) in [4.78, 5) is 12.2. The number of aryl methyl sites for hydroxylation is 1. The first kappa shape index (κ1) is 23.6. The van der Waals surface area contributed by atoms with Crippen molar-refractivity contribution < 1.29 is 13.2 Å². The third-order valence-electron chi connectivity index (χ3n) is 4.20. The summed E-state index contributed by atoms with van der Waals surface area (Å²) in [5, 5.41) is 11.3. The summed E-state index contributed by atoms with van der Waals surface area (Å²) in [6.07, 6.45) is 1.79. The van der Waals surface area contributed by atoms with Crippen LogP contribution in [0.25, 0.3) is 0 Å². The largest absolute Gasteiger partial charge is 0.301 e. The Morgan fingerprint density at radius 1 is 1.28 bits per heavy atom. The highest BCUT2D eigenvalue weighted by molar-refractivity contribution is 8.01. The van der Waals surface area contributed by atoms with Crippen molar-refractivity contribution in [1.29, 1.82) is 0 Å². The lowest BCUT2D eigenvalue weighted by molar-refractivity contribution is -0.116. The van der Waals surface area contributed by atoms with Gasteiger partial charge in [0.15, 0.2) is 4.34 Å². The van der Waals surface area contributed by atoms with Gasteiger partial charge in [0.05, 0.1) is 11.9 Å². The van der Waals surface area contributed by atoms with Crippen molar-refractivity contribution in [3.05, 3.63) is 29.3 Å². The van der Waals surface area contributed by atoms with Crippen LogP contribution in [-0.2, 0) is 14.8 Å². The third kappa shape index (κ3) is 7.27. The summed E-state index contributed by atoms with van der Waals surface area (Å²) < 4.78 is 26.8. The molecule has 0 saturated heterocycles. The van der Waals surface area contributed by atoms with E-state index < -0.39 is 10.0 Å². The Morgan fingerprint density at radius 3 is 2.66 bits per heavy atom. The van der Waals surface area contributed by atoms with Gasteiger partial charge in [-0.25, -0.2) is 8.42 Å². The summed E-state index contributed by atoms with van der Waals surface area (Å²) in [6, 6.07) is 5.58. The van der Waals surface area contributed by atoms with Crippen molar-refractivity contribution in [2.24, 2.45) is 5.92 Å². The summed E-state index contributed by atoms with van der Waals surface area (Å²) in [7, 11) is -3.45. The number of anilines is 2. The van der Waals surface area contributed by atoms with E-state index in [-0.39, 0.29) is 18.9 Å². The smallest absolute Gasteiger partial charge is 0.232 e. The molecule has 160 valence electrons. The molecule has 0 saturated carbocycles. The molecule has 0 radical (unpaired) electrons. The van der Waals surface area contributed by atoms with Gasteiger partial charge in [0, 0.05) is 18.7 Å². The topological polar surface area (TPSA) is 92.3 Å². The summed E-state index contributed by atoms with van der Waals surface area (Å²) >= 11 is 2.97. The molecule has 0 bridgehead atoms. The molecule has 0 fully saturated rings. The molecular weight excluding hydrogens is 428 g/mol. The van der Waals surface area contributed by atoms with Crippen LogP contribution < -0.4 is 9.62 Å². The molecule has 2 rings (SSSR count). The summed E-state index contributed by atoms with van der Waals surface area (Å²) in [6.45, 7) is 8.36. The number of benzene rings is 1. The fourth-order valence-corrected chi connectivity index (χ4v) is 5.35. The van der Waals surface area contributed by atoms with Gasteiger partial charge in [-0.15, -0.1) is 10.2 Å². The van der Waals surface area contributed by atoms with E-state index in [1.54, 1.807) is 17.8 Å². The van der Waals surface area contributed by atoms with E-state index in [1.165, 1.54) is 21.9 Å². The average Bonchev–Trinajstić information content (AvgIpc) is 3.06. The molecule has 1 aromatic carbocycles. The molecule has 0 spiro atoms. The number of thioether (sulfide) groups is 1. The van der Waals surface area contributed by atoms with Crippen molar-refractivity contribution in [2.45, 2.75) is 44.9 Å². The summed E-state index contributed by atoms with van der Waals surface area (Å²) in [5.41, 5.74) is 2.60. The molecular formula is C19H28N4O3S3. The number of rotatable bonds is 10. The number of hydrogen-bond acceptors (Lipinski definition) is 7. The maximum absolute atomic E-state index is 12.3. The van der Waals surface area contributed by atoms with Crippen LogP contribution in [0.4, 0.5) is 10.8 Å². The standard InChI is InChI=1S/C19H28N4O3S3/c1-13(2)12-27-19-22-21-18(28-19)20-17(24)10-7-11-23(29(5,25)26)16-9-6-8-14(3)15(16)4/h6,8-9,13H,7,10-12H2,1-5H3,(H,20,21,24). The van der Waals surface area contributed by atoms with Gasteiger partial charge in [0.1, 0.15) is 0 Å². The van der Waals surface area contributed by atoms with Gasteiger partial charge in [-0.1, -0.05) is 49.1 Å². The molecule has 29 heavy (non-hydrogen) atoms. The van der Waals surface area contributed by atoms with E-state index in [9.17, 15) is 13.2 Å². The van der Waals surface area contributed by atoms with Gasteiger partial charge in [0.2, 0.25) is 21.1 Å². The zero-order valence-electron chi connectivity index (χ0n) is 17.4. The molecule has 10 heteroatoms. The van der Waals surface area contributed by atoms with Crippen LogP contribution in [0, 0.1) is 19.8 Å². The Balaban J connectivity index is 1.92. The summed E-state index contributed by atoms with van der Waals surface area (Å²) in [5.74, 6) is 1.30. The van der Waals surface area contributed by atoms with E-state index >= 15 is 0 Å². The SMILES string of the molecule is Cc1cccc(N(CCCC(=O)Nc2nnc(SCC(C)C)s2)S(C)(=O)=O)c1C. The van der Waals surface area contributed by atoms with Crippen LogP contribution in [0.2, 0.25) is 0 Å². The first-order chi connectivity index (χ1) is 13.6. The molecule has 0 aliphatic rings. The van der Waals surface area contributed by atoms with E-state index in [4.69, 9.17) is 0 Å². The molecule has 1 aromatic heterocycles. The maximum Gasteiger partial charge on any atom is 0.232 e. The van der Waals surface area contributed by atoms with Crippen molar-refractivity contribution in [3.8, 4) is 0 Å². The van der Waals surface area contributed by atoms with E-state index in [1.807, 2.05) is 26.0 Å². The predicted molar refractivity (Wildman–Crippen MR) is 121 cm³/mol. The Bertz CT molecular complexity index is 942. The van der Waals surface area contributed by atoms with E-state index in [2.05, 4.69) is 29.4 Å². The minimum Gasteiger partial charge on any atom is -0.301 e. The van der Waals surface area contributed by atoms with Gasteiger partial charge in [-0.2, -0.15) is 0 Å². The lowest BCUT2D eigenvalue weighted by atomic mass is 10.1. The minimum absolute atomic E-state index is 0.198. The molecule has 1 amide bonds. The molecule has 0 aliphatic carbocycles. The molecule has 0 atom stereocenters. The predicted octanol–water partition coefficient (Wildman–Crippen LogP) is 4.09. The number of amides is 1. The number of aromatic nitrogens is 2. The Labute approximate surface area is 181 Å². The van der Waals surface area contributed by atoms with Crippen LogP contribution in [0.5, 0.6) is 0 Å². The molecule has 7 nitrogen and oxygen atoms in total.